The summed E-state index contributed by atoms with van der Waals surface area (Å²) in [6.07, 6.45) is 7.09. The van der Waals surface area contributed by atoms with Crippen molar-refractivity contribution in [3.8, 4) is 0 Å². The molecule has 0 aliphatic heterocycles. The minimum atomic E-state index is 0.826. The van der Waals surface area contributed by atoms with E-state index in [9.17, 15) is 0 Å². The summed E-state index contributed by atoms with van der Waals surface area (Å²) in [5.74, 6) is 0. The van der Waals surface area contributed by atoms with Crippen LogP contribution in [0.4, 0.5) is 0 Å². The summed E-state index contributed by atoms with van der Waals surface area (Å²) in [4.78, 5) is 7.21. The number of H-pyrrole nitrogens is 1. The lowest BCUT2D eigenvalue weighted by Gasteiger charge is -1.93. The predicted octanol–water partition coefficient (Wildman–Crippen LogP) is 1.87. The predicted molar refractivity (Wildman–Crippen MR) is 46.4 cm³/mol. The molecule has 0 saturated carbocycles. The Morgan fingerprint density at radius 1 is 1.36 bits per heavy atom. The molecule has 0 saturated heterocycles. The molecule has 58 valence electrons. The average Bonchev–Trinajstić information content (AvgIpc) is 2.39. The molecule has 0 bridgehead atoms. The van der Waals surface area contributed by atoms with Crippen molar-refractivity contribution < 1.29 is 0 Å². The Morgan fingerprint density at radius 2 is 2.09 bits per heavy atom. The first-order valence-corrected chi connectivity index (χ1v) is 3.61. The molecule has 0 aliphatic rings. The molecular weight excluding hydrogens is 136 g/mol. The summed E-state index contributed by atoms with van der Waals surface area (Å²) in [7, 11) is 0. The van der Waals surface area contributed by atoms with Crippen molar-refractivity contribution in [3.05, 3.63) is 43.0 Å². The first-order chi connectivity index (χ1) is 5.38. The van der Waals surface area contributed by atoms with E-state index in [4.69, 9.17) is 0 Å². The van der Waals surface area contributed by atoms with Gasteiger partial charge in [0.25, 0.3) is 0 Å². The molecule has 1 aromatic heterocycles. The molecule has 11 heavy (non-hydrogen) atoms. The molecule has 1 rings (SSSR count). The van der Waals surface area contributed by atoms with Gasteiger partial charge in [0.2, 0.25) is 0 Å². The molecule has 0 aromatic carbocycles. The van der Waals surface area contributed by atoms with Gasteiger partial charge < -0.3 is 4.98 Å². The number of aromatic nitrogens is 2. The quantitative estimate of drug-likeness (QED) is 0.649. The third-order valence-corrected chi connectivity index (χ3v) is 1.49. The fourth-order valence-corrected chi connectivity index (χ4v) is 0.983. The summed E-state index contributed by atoms with van der Waals surface area (Å²) in [5.41, 5.74) is 2.21. The van der Waals surface area contributed by atoms with E-state index in [1.54, 1.807) is 6.33 Å². The van der Waals surface area contributed by atoms with E-state index < -0.39 is 0 Å². The fourth-order valence-electron chi connectivity index (χ4n) is 0.983. The summed E-state index contributed by atoms with van der Waals surface area (Å²) in [6, 6.07) is 0. The highest BCUT2D eigenvalue weighted by molar-refractivity contribution is 5.16. The first kappa shape index (κ1) is 7.79. The lowest BCUT2D eigenvalue weighted by molar-refractivity contribution is 1.07. The van der Waals surface area contributed by atoms with E-state index >= 15 is 0 Å². The summed E-state index contributed by atoms with van der Waals surface area (Å²) in [6.45, 7) is 7.32. The highest BCUT2D eigenvalue weighted by atomic mass is 14.9. The molecule has 1 aromatic rings. The maximum absolute atomic E-state index is 4.15. The Morgan fingerprint density at radius 3 is 2.73 bits per heavy atom. The van der Waals surface area contributed by atoms with Gasteiger partial charge in [-0.3, -0.25) is 0 Å². The van der Waals surface area contributed by atoms with E-state index in [2.05, 4.69) is 23.1 Å². The van der Waals surface area contributed by atoms with Gasteiger partial charge in [-0.05, 0) is 0 Å². The SMILES string of the molecule is C=CCc1nc[nH]c1CC=C. The molecule has 0 atom stereocenters. The zero-order valence-electron chi connectivity index (χ0n) is 6.51. The van der Waals surface area contributed by atoms with E-state index in [0.29, 0.717) is 0 Å². The minimum absolute atomic E-state index is 0.826. The Balaban J connectivity index is 2.76. The van der Waals surface area contributed by atoms with Gasteiger partial charge in [-0.15, -0.1) is 13.2 Å². The van der Waals surface area contributed by atoms with Crippen LogP contribution in [-0.4, -0.2) is 9.97 Å². The molecule has 0 amide bonds. The Bertz CT molecular complexity index is 223. The Hall–Kier alpha value is -1.31. The van der Waals surface area contributed by atoms with Crippen LogP contribution in [0.3, 0.4) is 0 Å². The number of rotatable bonds is 4. The number of nitrogens with zero attached hydrogens (tertiary/aromatic N) is 1. The fraction of sp³-hybridized carbons (Fsp3) is 0.222. The van der Waals surface area contributed by atoms with Crippen LogP contribution in [0.1, 0.15) is 11.4 Å². The lowest BCUT2D eigenvalue weighted by atomic mass is 10.2. The smallest absolute Gasteiger partial charge is 0.0925 e. The van der Waals surface area contributed by atoms with Crippen LogP contribution in [-0.2, 0) is 12.8 Å². The molecule has 0 radical (unpaired) electrons. The lowest BCUT2D eigenvalue weighted by Crippen LogP contribution is -1.89. The minimum Gasteiger partial charge on any atom is -0.348 e. The van der Waals surface area contributed by atoms with Crippen LogP contribution in [0, 0.1) is 0 Å². The molecule has 0 unspecified atom stereocenters. The molecule has 1 heterocycles. The largest absolute Gasteiger partial charge is 0.348 e. The number of aromatic amines is 1. The molecule has 2 nitrogen and oxygen atoms in total. The van der Waals surface area contributed by atoms with Crippen molar-refractivity contribution >= 4 is 0 Å². The summed E-state index contributed by atoms with van der Waals surface area (Å²) < 4.78 is 0. The molecular formula is C9H12N2. The maximum atomic E-state index is 4.15. The second-order valence-corrected chi connectivity index (χ2v) is 2.31. The number of allylic oxidation sites excluding steroid dienone is 2. The highest BCUT2D eigenvalue weighted by Gasteiger charge is 1.99. The van der Waals surface area contributed by atoms with Gasteiger partial charge in [0.05, 0.1) is 12.0 Å². The van der Waals surface area contributed by atoms with Crippen molar-refractivity contribution in [1.82, 2.24) is 9.97 Å². The maximum Gasteiger partial charge on any atom is 0.0925 e. The van der Waals surface area contributed by atoms with Crippen LogP contribution < -0.4 is 0 Å². The van der Waals surface area contributed by atoms with Crippen molar-refractivity contribution in [2.75, 3.05) is 0 Å². The van der Waals surface area contributed by atoms with Gasteiger partial charge in [0, 0.05) is 18.5 Å². The summed E-state index contributed by atoms with van der Waals surface area (Å²) in [5, 5.41) is 0. The number of hydrogen-bond donors (Lipinski definition) is 1. The zero-order valence-corrected chi connectivity index (χ0v) is 6.51. The molecule has 0 fully saturated rings. The zero-order chi connectivity index (χ0) is 8.10. The van der Waals surface area contributed by atoms with E-state index in [1.165, 1.54) is 0 Å². The number of imidazole rings is 1. The average molecular weight is 148 g/mol. The standard InChI is InChI=1S/C9H12N2/c1-3-5-8-9(6-4-2)11-7-10-8/h3-4,7H,1-2,5-6H2,(H,10,11). The van der Waals surface area contributed by atoms with Gasteiger partial charge in [-0.25, -0.2) is 4.98 Å². The van der Waals surface area contributed by atoms with E-state index in [1.807, 2.05) is 12.2 Å². The van der Waals surface area contributed by atoms with Crippen molar-refractivity contribution in [2.45, 2.75) is 12.8 Å². The molecule has 2 heteroatoms. The number of hydrogen-bond acceptors (Lipinski definition) is 1. The van der Waals surface area contributed by atoms with Gasteiger partial charge in [0.1, 0.15) is 0 Å². The topological polar surface area (TPSA) is 28.7 Å². The van der Waals surface area contributed by atoms with Gasteiger partial charge in [-0.1, -0.05) is 12.2 Å². The Labute approximate surface area is 66.7 Å². The van der Waals surface area contributed by atoms with Crippen LogP contribution in [0.15, 0.2) is 31.6 Å². The van der Waals surface area contributed by atoms with Crippen LogP contribution in [0.5, 0.6) is 0 Å². The van der Waals surface area contributed by atoms with E-state index in [0.717, 1.165) is 24.2 Å². The van der Waals surface area contributed by atoms with Crippen LogP contribution in [0.25, 0.3) is 0 Å². The third kappa shape index (κ3) is 1.80. The first-order valence-electron chi connectivity index (χ1n) is 3.61. The van der Waals surface area contributed by atoms with Crippen molar-refractivity contribution in [1.29, 1.82) is 0 Å². The molecule has 1 N–H and O–H groups in total. The van der Waals surface area contributed by atoms with Crippen molar-refractivity contribution in [2.24, 2.45) is 0 Å². The normalized spacial score (nSPS) is 9.45. The van der Waals surface area contributed by atoms with Gasteiger partial charge >= 0.3 is 0 Å². The summed E-state index contributed by atoms with van der Waals surface area (Å²) >= 11 is 0. The monoisotopic (exact) mass is 148 g/mol. The van der Waals surface area contributed by atoms with Crippen LogP contribution >= 0.6 is 0 Å². The number of nitrogens with one attached hydrogen (secondary N) is 1. The third-order valence-electron chi connectivity index (χ3n) is 1.49. The second kappa shape index (κ2) is 3.76. The molecule has 0 aliphatic carbocycles. The van der Waals surface area contributed by atoms with E-state index in [-0.39, 0.29) is 0 Å². The van der Waals surface area contributed by atoms with Crippen LogP contribution in [0.2, 0.25) is 0 Å². The Kier molecular flexibility index (Phi) is 2.66. The second-order valence-electron chi connectivity index (χ2n) is 2.31. The molecule has 0 spiro atoms. The van der Waals surface area contributed by atoms with Gasteiger partial charge in [-0.2, -0.15) is 0 Å². The van der Waals surface area contributed by atoms with Gasteiger partial charge in [0.15, 0.2) is 0 Å². The van der Waals surface area contributed by atoms with Crippen molar-refractivity contribution in [3.63, 3.8) is 0 Å². The highest BCUT2D eigenvalue weighted by Crippen LogP contribution is 2.04.